The number of rotatable bonds is 3. The van der Waals surface area contributed by atoms with Gasteiger partial charge >= 0.3 is 0 Å². The van der Waals surface area contributed by atoms with Crippen LogP contribution in [0.1, 0.15) is 22.7 Å². The van der Waals surface area contributed by atoms with Crippen LogP contribution in [0.4, 0.5) is 11.4 Å². The zero-order chi connectivity index (χ0) is 24.9. The number of aliphatic hydroxyl groups excluding tert-OH is 1. The number of carbonyl (C=O) groups is 2. The number of fused-ring (bicyclic) bond motifs is 1. The number of aliphatic hydroxyl groups is 1. The summed E-state index contributed by atoms with van der Waals surface area (Å²) in [7, 11) is 1.93. The second-order valence-corrected chi connectivity index (χ2v) is 9.45. The molecule has 2 heterocycles. The van der Waals surface area contributed by atoms with E-state index in [0.717, 1.165) is 11.3 Å². The van der Waals surface area contributed by atoms with Crippen molar-refractivity contribution < 1.29 is 19.4 Å². The lowest BCUT2D eigenvalue weighted by atomic mass is 9.94. The molecule has 1 N–H and O–H groups in total. The Balaban J connectivity index is 1.72. The van der Waals surface area contributed by atoms with E-state index in [4.69, 9.17) is 27.9 Å². The van der Waals surface area contributed by atoms with Gasteiger partial charge < -0.3 is 14.7 Å². The van der Waals surface area contributed by atoms with Crippen LogP contribution >= 0.6 is 23.2 Å². The summed E-state index contributed by atoms with van der Waals surface area (Å²) in [4.78, 5) is 30.1. The van der Waals surface area contributed by atoms with Gasteiger partial charge in [-0.2, -0.15) is 0 Å². The van der Waals surface area contributed by atoms with Crippen LogP contribution in [0.15, 0.2) is 66.2 Å². The van der Waals surface area contributed by atoms with Gasteiger partial charge in [-0.25, -0.2) is 0 Å². The van der Waals surface area contributed by atoms with E-state index in [1.54, 1.807) is 42.5 Å². The maximum Gasteiger partial charge on any atom is 0.300 e. The molecule has 1 atom stereocenters. The first kappa shape index (κ1) is 23.3. The summed E-state index contributed by atoms with van der Waals surface area (Å²) in [6.07, 6.45) is 0. The summed E-state index contributed by atoms with van der Waals surface area (Å²) < 4.78 is 5.70. The third-order valence-electron chi connectivity index (χ3n) is 6.31. The monoisotopic (exact) mass is 508 g/mol. The molecule has 1 unspecified atom stereocenters. The van der Waals surface area contributed by atoms with Gasteiger partial charge in [0.1, 0.15) is 18.1 Å². The van der Waals surface area contributed by atoms with E-state index >= 15 is 0 Å². The van der Waals surface area contributed by atoms with Gasteiger partial charge in [0.2, 0.25) is 0 Å². The second-order valence-electron chi connectivity index (χ2n) is 8.63. The minimum Gasteiger partial charge on any atom is -0.507 e. The Kier molecular flexibility index (Phi) is 5.95. The van der Waals surface area contributed by atoms with Crippen molar-refractivity contribution in [3.05, 3.63) is 93.0 Å². The number of nitrogens with zero attached hydrogens (tertiary/aromatic N) is 2. The van der Waals surface area contributed by atoms with Gasteiger partial charge in [-0.05, 0) is 60.5 Å². The first-order chi connectivity index (χ1) is 16.8. The molecule has 0 saturated carbocycles. The van der Waals surface area contributed by atoms with Crippen molar-refractivity contribution in [2.45, 2.75) is 13.0 Å². The summed E-state index contributed by atoms with van der Waals surface area (Å²) in [5.41, 5.74) is 3.21. The Hall–Kier alpha value is -3.48. The average Bonchev–Trinajstić information content (AvgIpc) is 3.11. The zero-order valence-electron chi connectivity index (χ0n) is 19.1. The van der Waals surface area contributed by atoms with E-state index in [-0.39, 0.29) is 16.4 Å². The van der Waals surface area contributed by atoms with Crippen LogP contribution in [0.25, 0.3) is 5.76 Å². The summed E-state index contributed by atoms with van der Waals surface area (Å²) >= 11 is 12.4. The number of Topliss-reactive ketones (excluding diaryl/α,β-unsaturated/α-hetero) is 1. The second kappa shape index (κ2) is 8.95. The van der Waals surface area contributed by atoms with Crippen LogP contribution in [0.3, 0.4) is 0 Å². The van der Waals surface area contributed by atoms with E-state index in [0.29, 0.717) is 40.7 Å². The lowest BCUT2D eigenvalue weighted by Gasteiger charge is -2.28. The third kappa shape index (κ3) is 4.03. The molecule has 0 aromatic heterocycles. The van der Waals surface area contributed by atoms with Crippen molar-refractivity contribution in [3.8, 4) is 5.75 Å². The van der Waals surface area contributed by atoms with Gasteiger partial charge in [-0.15, -0.1) is 0 Å². The lowest BCUT2D eigenvalue weighted by molar-refractivity contribution is -0.132. The molecular formula is C27H22Cl2N2O4. The Morgan fingerprint density at radius 3 is 2.57 bits per heavy atom. The molecule has 0 radical (unpaired) electrons. The first-order valence-electron chi connectivity index (χ1n) is 11.1. The van der Waals surface area contributed by atoms with Crippen LogP contribution in [0.5, 0.6) is 5.75 Å². The van der Waals surface area contributed by atoms with Crippen LogP contribution in [0.2, 0.25) is 10.0 Å². The number of likely N-dealkylation sites (N-methyl/N-ethyl adjacent to an activating group) is 1. The highest BCUT2D eigenvalue weighted by molar-refractivity contribution is 6.52. The molecule has 2 aliphatic rings. The highest BCUT2D eigenvalue weighted by atomic mass is 35.5. The maximum absolute atomic E-state index is 13.4. The van der Waals surface area contributed by atoms with Gasteiger partial charge in [0.25, 0.3) is 11.7 Å². The molecule has 5 rings (SSSR count). The molecule has 35 heavy (non-hydrogen) atoms. The number of halogens is 2. The molecule has 3 aromatic carbocycles. The number of ether oxygens (including phenoxy) is 1. The van der Waals surface area contributed by atoms with Crippen molar-refractivity contribution in [3.63, 3.8) is 0 Å². The first-order valence-corrected chi connectivity index (χ1v) is 11.8. The minimum absolute atomic E-state index is 0.0192. The van der Waals surface area contributed by atoms with Gasteiger partial charge in [-0.3, -0.25) is 14.5 Å². The summed E-state index contributed by atoms with van der Waals surface area (Å²) in [6, 6.07) is 16.5. The van der Waals surface area contributed by atoms with Gasteiger partial charge in [0.15, 0.2) is 0 Å². The molecule has 1 saturated heterocycles. The molecule has 6 nitrogen and oxygen atoms in total. The number of hydrogen-bond acceptors (Lipinski definition) is 5. The summed E-state index contributed by atoms with van der Waals surface area (Å²) in [5, 5.41) is 12.1. The summed E-state index contributed by atoms with van der Waals surface area (Å²) in [5.74, 6) is -1.08. The topological polar surface area (TPSA) is 70.1 Å². The molecule has 1 fully saturated rings. The standard InChI is InChI=1S/C27H22Cl2N2O4/c1-15-4-3-5-18(12-15)31-24(16-6-8-19(28)20(29)13-16)23(26(33)27(31)34)25(32)17-7-9-22-21(14-17)30(2)10-11-35-22/h3-9,12-14,24,32H,10-11H2,1-2H3/b25-23-. The number of carbonyl (C=O) groups excluding carboxylic acids is 2. The van der Waals surface area contributed by atoms with Crippen molar-refractivity contribution in [2.24, 2.45) is 0 Å². The van der Waals surface area contributed by atoms with Crippen molar-refractivity contribution >= 4 is 52.0 Å². The third-order valence-corrected chi connectivity index (χ3v) is 7.05. The predicted octanol–water partition coefficient (Wildman–Crippen LogP) is 5.76. The fourth-order valence-electron chi connectivity index (χ4n) is 4.53. The van der Waals surface area contributed by atoms with Crippen molar-refractivity contribution in [1.82, 2.24) is 0 Å². The van der Waals surface area contributed by atoms with Crippen LogP contribution < -0.4 is 14.5 Å². The minimum atomic E-state index is -0.892. The fourth-order valence-corrected chi connectivity index (χ4v) is 4.83. The molecular weight excluding hydrogens is 487 g/mol. The number of hydrogen-bond donors (Lipinski definition) is 1. The van der Waals surface area contributed by atoms with Gasteiger partial charge in [0.05, 0.1) is 33.9 Å². The van der Waals surface area contributed by atoms with Gasteiger partial charge in [0, 0.05) is 18.3 Å². The molecule has 178 valence electrons. The average molecular weight is 509 g/mol. The number of amides is 1. The molecule has 8 heteroatoms. The number of aryl methyl sites for hydroxylation is 1. The molecule has 2 aliphatic heterocycles. The Morgan fingerprint density at radius 1 is 1.03 bits per heavy atom. The quantitative estimate of drug-likeness (QED) is 0.276. The van der Waals surface area contributed by atoms with Crippen LogP contribution in [0, 0.1) is 6.92 Å². The lowest BCUT2D eigenvalue weighted by Crippen LogP contribution is -2.29. The largest absolute Gasteiger partial charge is 0.507 e. The molecule has 0 aliphatic carbocycles. The molecule has 0 bridgehead atoms. The van der Waals surface area contributed by atoms with E-state index in [1.165, 1.54) is 4.90 Å². The van der Waals surface area contributed by atoms with Crippen LogP contribution in [-0.4, -0.2) is 37.0 Å². The Labute approximate surface area is 212 Å². The van der Waals surface area contributed by atoms with Crippen LogP contribution in [-0.2, 0) is 9.59 Å². The molecule has 0 spiro atoms. The van der Waals surface area contributed by atoms with E-state index in [9.17, 15) is 14.7 Å². The summed E-state index contributed by atoms with van der Waals surface area (Å²) in [6.45, 7) is 3.16. The normalized spacial score (nSPS) is 19.0. The molecule has 3 aromatic rings. The number of benzene rings is 3. The smallest absolute Gasteiger partial charge is 0.300 e. The predicted molar refractivity (Wildman–Crippen MR) is 138 cm³/mol. The van der Waals surface area contributed by atoms with Gasteiger partial charge in [-0.1, -0.05) is 41.4 Å². The van der Waals surface area contributed by atoms with Crippen molar-refractivity contribution in [1.29, 1.82) is 0 Å². The van der Waals surface area contributed by atoms with Crippen molar-refractivity contribution in [2.75, 3.05) is 30.0 Å². The van der Waals surface area contributed by atoms with E-state index in [1.807, 2.05) is 37.1 Å². The fraction of sp³-hybridized carbons (Fsp3) is 0.185. The zero-order valence-corrected chi connectivity index (χ0v) is 20.6. The Bertz CT molecular complexity index is 1400. The van der Waals surface area contributed by atoms with E-state index < -0.39 is 17.7 Å². The SMILES string of the molecule is Cc1cccc(N2C(=O)C(=O)/C(=C(\O)c3ccc4c(c3)N(C)CCO4)C2c2ccc(Cl)c(Cl)c2)c1. The highest BCUT2D eigenvalue weighted by Gasteiger charge is 2.47. The van der Waals surface area contributed by atoms with E-state index in [2.05, 4.69) is 0 Å². The number of ketones is 1. The molecule has 1 amide bonds. The number of anilines is 2. The highest BCUT2D eigenvalue weighted by Crippen LogP contribution is 2.44. The maximum atomic E-state index is 13.4. The Morgan fingerprint density at radius 2 is 1.83 bits per heavy atom.